The molecule has 228 valence electrons. The number of hydrogen-bond acceptors (Lipinski definition) is 7. The summed E-state index contributed by atoms with van der Waals surface area (Å²) >= 11 is 6.15. The van der Waals surface area contributed by atoms with Gasteiger partial charge in [0, 0.05) is 68.3 Å². The summed E-state index contributed by atoms with van der Waals surface area (Å²) in [5.74, 6) is -0.493. The van der Waals surface area contributed by atoms with Gasteiger partial charge in [-0.2, -0.15) is 0 Å². The van der Waals surface area contributed by atoms with Crippen LogP contribution in [-0.2, 0) is 6.54 Å². The molecule has 0 saturated carbocycles. The second-order valence-corrected chi connectivity index (χ2v) is 12.0. The average molecular weight is 613 g/mol. The highest BCUT2D eigenvalue weighted by Gasteiger charge is 2.26. The largest absolute Gasteiger partial charge is 0.451 e. The molecule has 2 N–H and O–H groups in total. The number of likely N-dealkylation sites (tertiary alicyclic amines) is 1. The van der Waals surface area contributed by atoms with Crippen molar-refractivity contribution < 1.29 is 14.3 Å². The van der Waals surface area contributed by atoms with Crippen LogP contribution in [0.3, 0.4) is 0 Å². The summed E-state index contributed by atoms with van der Waals surface area (Å²) in [5, 5.41) is 14.5. The molecule has 8 nitrogen and oxygen atoms in total. The molecule has 1 unspecified atom stereocenters. The molecule has 2 fully saturated rings. The minimum atomic E-state index is -0.465. The Labute approximate surface area is 262 Å². The molecule has 3 heterocycles. The summed E-state index contributed by atoms with van der Waals surface area (Å²) in [6, 6.07) is 24.2. The van der Waals surface area contributed by atoms with E-state index in [1.807, 2.05) is 31.2 Å². The predicted octanol–water partition coefficient (Wildman–Crippen LogP) is 5.34. The topological polar surface area (TPSA) is 89.3 Å². The Hall–Kier alpha value is -3.95. The van der Waals surface area contributed by atoms with Crippen LogP contribution in [0.2, 0.25) is 5.02 Å². The van der Waals surface area contributed by atoms with Gasteiger partial charge in [0.25, 0.3) is 5.91 Å². The zero-order valence-corrected chi connectivity index (χ0v) is 25.6. The summed E-state index contributed by atoms with van der Waals surface area (Å²) < 4.78 is 5.83. The van der Waals surface area contributed by atoms with Crippen molar-refractivity contribution in [3.63, 3.8) is 0 Å². The number of para-hydroxylation sites is 2. The molecular weight excluding hydrogens is 576 g/mol. The number of aliphatic hydroxyl groups is 1. The maximum Gasteiger partial charge on any atom is 0.291 e. The highest BCUT2D eigenvalue weighted by molar-refractivity contribution is 6.30. The lowest BCUT2D eigenvalue weighted by atomic mass is 10.0. The molecule has 0 aliphatic carbocycles. The number of benzene rings is 3. The number of nitrogens with zero attached hydrogens (tertiary/aromatic N) is 3. The van der Waals surface area contributed by atoms with E-state index in [4.69, 9.17) is 16.0 Å². The number of piperazine rings is 1. The van der Waals surface area contributed by atoms with Gasteiger partial charge in [-0.25, -0.2) is 0 Å². The third-order valence-corrected chi connectivity index (χ3v) is 8.89. The number of halogens is 1. The Morgan fingerprint density at radius 3 is 2.45 bits per heavy atom. The van der Waals surface area contributed by atoms with Crippen molar-refractivity contribution in [1.29, 1.82) is 0 Å². The molecule has 2 aliphatic heterocycles. The minimum Gasteiger partial charge on any atom is -0.451 e. The molecule has 2 aliphatic rings. The number of anilines is 1. The lowest BCUT2D eigenvalue weighted by Crippen LogP contribution is -2.48. The van der Waals surface area contributed by atoms with Crippen molar-refractivity contribution in [1.82, 2.24) is 15.1 Å². The van der Waals surface area contributed by atoms with Gasteiger partial charge in [-0.1, -0.05) is 54.1 Å². The molecule has 2 saturated heterocycles. The van der Waals surface area contributed by atoms with E-state index in [-0.39, 0.29) is 17.4 Å². The van der Waals surface area contributed by atoms with Crippen LogP contribution in [0.5, 0.6) is 0 Å². The van der Waals surface area contributed by atoms with Gasteiger partial charge < -0.3 is 19.7 Å². The van der Waals surface area contributed by atoms with Crippen LogP contribution < -0.4 is 15.6 Å². The van der Waals surface area contributed by atoms with E-state index in [9.17, 15) is 14.7 Å². The monoisotopic (exact) mass is 612 g/mol. The predicted molar refractivity (Wildman–Crippen MR) is 175 cm³/mol. The third-order valence-electron chi connectivity index (χ3n) is 8.64. The van der Waals surface area contributed by atoms with Crippen molar-refractivity contribution in [2.24, 2.45) is 0 Å². The number of aliphatic hydroxyl groups excluding tert-OH is 1. The zero-order valence-electron chi connectivity index (χ0n) is 24.8. The molecule has 1 amide bonds. The van der Waals surface area contributed by atoms with Crippen LogP contribution in [0, 0.1) is 0 Å². The first-order chi connectivity index (χ1) is 21.4. The van der Waals surface area contributed by atoms with Gasteiger partial charge in [-0.15, -0.1) is 0 Å². The van der Waals surface area contributed by atoms with Gasteiger partial charge >= 0.3 is 0 Å². The van der Waals surface area contributed by atoms with Gasteiger partial charge in [0.05, 0.1) is 5.39 Å². The Morgan fingerprint density at radius 1 is 0.977 bits per heavy atom. The Balaban J connectivity index is 1.19. The number of amides is 1. The molecule has 1 atom stereocenters. The van der Waals surface area contributed by atoms with E-state index in [1.54, 1.807) is 24.3 Å². The minimum absolute atomic E-state index is 0.0281. The Kier molecular flexibility index (Phi) is 9.14. The fraction of sp³-hybridized carbons (Fsp3) is 0.314. The van der Waals surface area contributed by atoms with E-state index < -0.39 is 5.91 Å². The van der Waals surface area contributed by atoms with E-state index >= 15 is 0 Å². The van der Waals surface area contributed by atoms with Crippen LogP contribution in [0.4, 0.5) is 5.69 Å². The van der Waals surface area contributed by atoms with E-state index in [2.05, 4.69) is 44.3 Å². The molecule has 0 spiro atoms. The fourth-order valence-corrected chi connectivity index (χ4v) is 6.20. The van der Waals surface area contributed by atoms with E-state index in [0.29, 0.717) is 22.5 Å². The number of allylic oxidation sites excluding steroid dienone is 1. The molecule has 0 bridgehead atoms. The normalized spacial score (nSPS) is 18.4. The lowest BCUT2D eigenvalue weighted by Gasteiger charge is -2.38. The van der Waals surface area contributed by atoms with Crippen molar-refractivity contribution in [2.75, 3.05) is 44.2 Å². The van der Waals surface area contributed by atoms with Crippen molar-refractivity contribution in [3.8, 4) is 0 Å². The standard InChI is InChI=1S/C35H37ClN4O4/c1-24(25-12-14-27(36)15-13-25)29(37-35(43)33-21-31(41)28-8-3-5-10-32(28)44-33)23-38-17-19-39(20-18-38)30-9-4-2-7-26(30)22-40-16-6-11-34(40)42/h2-5,7-10,12-15,21,34,42H,6,11,16-20,22-23H2,1H3,(H,37,43)/b29-24-. The SMILES string of the molecule is C/C(=C(\CN1CCN(c2ccccc2CN2CCCC2O)CC1)NC(=O)c1cc(=O)c2ccccc2o1)c1ccc(Cl)cc1. The molecular formula is C35H37ClN4O4. The van der Waals surface area contributed by atoms with Crippen LogP contribution >= 0.6 is 11.6 Å². The quantitative estimate of drug-likeness (QED) is 0.278. The number of rotatable bonds is 8. The smallest absolute Gasteiger partial charge is 0.291 e. The van der Waals surface area contributed by atoms with Crippen LogP contribution in [0.1, 0.15) is 41.4 Å². The highest BCUT2D eigenvalue weighted by atomic mass is 35.5. The van der Waals surface area contributed by atoms with E-state index in [0.717, 1.165) is 68.9 Å². The second kappa shape index (κ2) is 13.4. The zero-order chi connectivity index (χ0) is 30.6. The summed E-state index contributed by atoms with van der Waals surface area (Å²) in [6.07, 6.45) is 1.49. The van der Waals surface area contributed by atoms with Gasteiger partial charge in [-0.3, -0.25) is 19.4 Å². The maximum atomic E-state index is 13.5. The lowest BCUT2D eigenvalue weighted by molar-refractivity contribution is 0.0329. The van der Waals surface area contributed by atoms with Crippen molar-refractivity contribution in [2.45, 2.75) is 32.5 Å². The Bertz CT molecular complexity index is 1730. The van der Waals surface area contributed by atoms with Crippen LogP contribution in [0.15, 0.2) is 93.8 Å². The summed E-state index contributed by atoms with van der Waals surface area (Å²) in [5.41, 5.74) is 5.15. The molecule has 1 aromatic heterocycles. The van der Waals surface area contributed by atoms with Crippen molar-refractivity contribution in [3.05, 3.63) is 117 Å². The molecule has 3 aromatic carbocycles. The molecule has 4 aromatic rings. The van der Waals surface area contributed by atoms with Crippen molar-refractivity contribution >= 4 is 39.7 Å². The summed E-state index contributed by atoms with van der Waals surface area (Å²) in [6.45, 7) is 7.43. The van der Waals surface area contributed by atoms with Gasteiger partial charge in [0.1, 0.15) is 11.8 Å². The van der Waals surface area contributed by atoms with Gasteiger partial charge in [0.2, 0.25) is 0 Å². The van der Waals surface area contributed by atoms with Gasteiger partial charge in [0.15, 0.2) is 11.2 Å². The average Bonchev–Trinajstić information content (AvgIpc) is 3.45. The number of hydrogen-bond donors (Lipinski definition) is 2. The molecule has 6 rings (SSSR count). The first kappa shape index (κ1) is 30.1. The number of fused-ring (bicyclic) bond motifs is 1. The van der Waals surface area contributed by atoms with Gasteiger partial charge in [-0.05, 0) is 66.8 Å². The molecule has 0 radical (unpaired) electrons. The molecule has 44 heavy (non-hydrogen) atoms. The number of carbonyl (C=O) groups is 1. The summed E-state index contributed by atoms with van der Waals surface area (Å²) in [4.78, 5) is 33.0. The highest BCUT2D eigenvalue weighted by Crippen LogP contribution is 2.27. The first-order valence-electron chi connectivity index (χ1n) is 15.1. The number of carbonyl (C=O) groups excluding carboxylic acids is 1. The van der Waals surface area contributed by atoms with Crippen LogP contribution in [0.25, 0.3) is 16.5 Å². The fourth-order valence-electron chi connectivity index (χ4n) is 6.08. The summed E-state index contributed by atoms with van der Waals surface area (Å²) in [7, 11) is 0. The van der Waals surface area contributed by atoms with Crippen LogP contribution in [-0.4, -0.2) is 66.3 Å². The first-order valence-corrected chi connectivity index (χ1v) is 15.5. The maximum absolute atomic E-state index is 13.5. The second-order valence-electron chi connectivity index (χ2n) is 11.5. The van der Waals surface area contributed by atoms with E-state index in [1.165, 1.54) is 17.3 Å². The number of nitrogens with one attached hydrogen (secondary N) is 1. The molecule has 9 heteroatoms. The third kappa shape index (κ3) is 6.74. The Morgan fingerprint density at radius 2 is 1.70 bits per heavy atom.